The molecule has 26 heavy (non-hydrogen) atoms. The Morgan fingerprint density at radius 3 is 2.77 bits per heavy atom. The predicted molar refractivity (Wildman–Crippen MR) is 110 cm³/mol. The van der Waals surface area contributed by atoms with Gasteiger partial charge in [-0.25, -0.2) is 9.78 Å². The smallest absolute Gasteiger partial charge is 0.325 e. The second kappa shape index (κ2) is 10.2. The van der Waals surface area contributed by atoms with E-state index in [1.807, 2.05) is 36.4 Å². The third-order valence-corrected chi connectivity index (χ3v) is 4.44. The number of nitrogens with one attached hydrogen (secondary N) is 3. The lowest BCUT2D eigenvalue weighted by molar-refractivity contribution is 0.254. The molecule has 7 heteroatoms. The summed E-state index contributed by atoms with van der Waals surface area (Å²) in [5, 5.41) is 11.1. The van der Waals surface area contributed by atoms with Crippen LogP contribution in [0.2, 0.25) is 0 Å². The second-order valence-corrected chi connectivity index (χ2v) is 6.50. The van der Waals surface area contributed by atoms with E-state index < -0.39 is 0 Å². The molecule has 2 amide bonds. The van der Waals surface area contributed by atoms with E-state index in [-0.39, 0.29) is 6.03 Å². The number of nitrogens with two attached hydrogens (primary N) is 1. The minimum absolute atomic E-state index is 0.346. The molecule has 0 unspecified atom stereocenters. The molecule has 1 aromatic heterocycles. The Bertz CT molecular complexity index is 764. The van der Waals surface area contributed by atoms with Crippen molar-refractivity contribution in [3.05, 3.63) is 53.7 Å². The zero-order valence-electron chi connectivity index (χ0n) is 15.1. The third-order valence-electron chi connectivity index (χ3n) is 3.54. The number of urea groups is 1. The Hall–Kier alpha value is -2.80. The van der Waals surface area contributed by atoms with E-state index >= 15 is 0 Å². The van der Waals surface area contributed by atoms with Gasteiger partial charge in [-0.3, -0.25) is 10.6 Å². The highest BCUT2D eigenvalue weighted by molar-refractivity contribution is 7.13. The van der Waals surface area contributed by atoms with E-state index in [0.29, 0.717) is 17.3 Å². The summed E-state index contributed by atoms with van der Waals surface area (Å²) in [7, 11) is 1.76. The first kappa shape index (κ1) is 19.5. The van der Waals surface area contributed by atoms with Crippen molar-refractivity contribution in [2.75, 3.05) is 18.1 Å². The molecule has 0 saturated heterocycles. The highest BCUT2D eigenvalue weighted by Gasteiger charge is 2.08. The molecule has 1 aromatic carbocycles. The van der Waals surface area contributed by atoms with Gasteiger partial charge in [-0.15, -0.1) is 11.3 Å². The summed E-state index contributed by atoms with van der Waals surface area (Å²) in [5.41, 5.74) is 7.37. The van der Waals surface area contributed by atoms with Gasteiger partial charge >= 0.3 is 6.03 Å². The molecule has 0 aliphatic rings. The fourth-order valence-electron chi connectivity index (χ4n) is 2.13. The number of unbranched alkanes of at least 4 members (excludes halogenated alkanes) is 2. The largest absolute Gasteiger partial charge is 0.399 e. The maximum Gasteiger partial charge on any atom is 0.325 e. The van der Waals surface area contributed by atoms with E-state index in [4.69, 9.17) is 5.73 Å². The van der Waals surface area contributed by atoms with Crippen molar-refractivity contribution in [2.45, 2.75) is 26.2 Å². The number of benzene rings is 1. The molecule has 6 nitrogen and oxygen atoms in total. The van der Waals surface area contributed by atoms with Crippen molar-refractivity contribution in [1.29, 1.82) is 0 Å². The minimum atomic E-state index is -0.346. The van der Waals surface area contributed by atoms with Crippen LogP contribution in [-0.2, 0) is 0 Å². The van der Waals surface area contributed by atoms with Gasteiger partial charge in [0, 0.05) is 23.7 Å². The van der Waals surface area contributed by atoms with Gasteiger partial charge in [0.15, 0.2) is 0 Å². The van der Waals surface area contributed by atoms with E-state index in [1.54, 1.807) is 12.4 Å². The number of carbonyl (C=O) groups excluding carboxylic acids is 1. The first-order valence-corrected chi connectivity index (χ1v) is 9.44. The van der Waals surface area contributed by atoms with Crippen molar-refractivity contribution in [3.63, 3.8) is 0 Å². The van der Waals surface area contributed by atoms with Gasteiger partial charge in [0.2, 0.25) is 0 Å². The fourth-order valence-corrected chi connectivity index (χ4v) is 2.89. The second-order valence-electron chi connectivity index (χ2n) is 5.64. The van der Waals surface area contributed by atoms with Crippen LogP contribution in [0.3, 0.4) is 0 Å². The van der Waals surface area contributed by atoms with E-state index in [9.17, 15) is 4.79 Å². The standard InChI is InChI=1S/C19H25N5OS/c1-3-4-5-6-7-8-16(21-2)23-19(25)24-17-13-26-18(22-17)14-9-11-15(20)12-10-14/h6-13,21H,3-5,20H2,1-2H3,(H2,23,24,25)/b7-6-,16-8+. The Kier molecular flexibility index (Phi) is 7.70. The van der Waals surface area contributed by atoms with Gasteiger partial charge < -0.3 is 11.1 Å². The van der Waals surface area contributed by atoms with Gasteiger partial charge in [-0.05, 0) is 36.8 Å². The van der Waals surface area contributed by atoms with Gasteiger partial charge in [0.05, 0.1) is 0 Å². The first-order chi connectivity index (χ1) is 12.6. The monoisotopic (exact) mass is 371 g/mol. The van der Waals surface area contributed by atoms with Crippen LogP contribution in [0, 0.1) is 0 Å². The highest BCUT2D eigenvalue weighted by atomic mass is 32.1. The van der Waals surface area contributed by atoms with Crippen molar-refractivity contribution in [3.8, 4) is 10.6 Å². The maximum atomic E-state index is 12.1. The van der Waals surface area contributed by atoms with Gasteiger partial charge in [0.25, 0.3) is 0 Å². The molecule has 0 spiro atoms. The number of aromatic nitrogens is 1. The lowest BCUT2D eigenvalue weighted by Crippen LogP contribution is -2.33. The number of thiazole rings is 1. The number of anilines is 2. The van der Waals surface area contributed by atoms with Crippen molar-refractivity contribution >= 4 is 28.9 Å². The SMILES string of the molecule is CCCC/C=C\C=C(/NC)NC(=O)Nc1csc(-c2ccc(N)cc2)n1. The summed E-state index contributed by atoms with van der Waals surface area (Å²) in [6.07, 6.45) is 9.20. The van der Waals surface area contributed by atoms with Crippen LogP contribution < -0.4 is 21.7 Å². The number of rotatable bonds is 8. The average molecular weight is 372 g/mol. The van der Waals surface area contributed by atoms with Crippen molar-refractivity contribution < 1.29 is 4.79 Å². The molecule has 138 valence electrons. The molecular weight excluding hydrogens is 346 g/mol. The fraction of sp³-hybridized carbons (Fsp3) is 0.263. The maximum absolute atomic E-state index is 12.1. The molecule has 2 rings (SSSR count). The minimum Gasteiger partial charge on any atom is -0.399 e. The van der Waals surface area contributed by atoms with Crippen LogP contribution >= 0.6 is 11.3 Å². The summed E-state index contributed by atoms with van der Waals surface area (Å²) in [6, 6.07) is 7.13. The molecule has 0 aliphatic carbocycles. The van der Waals surface area contributed by atoms with Crippen LogP contribution in [0.15, 0.2) is 53.7 Å². The Morgan fingerprint density at radius 2 is 2.08 bits per heavy atom. The molecule has 0 saturated carbocycles. The number of amides is 2. The van der Waals surface area contributed by atoms with E-state index in [0.717, 1.165) is 23.4 Å². The van der Waals surface area contributed by atoms with Gasteiger partial charge in [-0.1, -0.05) is 31.9 Å². The summed E-state index contributed by atoms with van der Waals surface area (Å²) >= 11 is 1.46. The summed E-state index contributed by atoms with van der Waals surface area (Å²) in [5.74, 6) is 1.12. The predicted octanol–water partition coefficient (Wildman–Crippen LogP) is 4.32. The van der Waals surface area contributed by atoms with Crippen molar-refractivity contribution in [1.82, 2.24) is 15.6 Å². The number of hydrogen-bond donors (Lipinski definition) is 4. The number of nitrogens with zero attached hydrogens (tertiary/aromatic N) is 1. The quantitative estimate of drug-likeness (QED) is 0.316. The lowest BCUT2D eigenvalue weighted by atomic mass is 10.2. The van der Waals surface area contributed by atoms with E-state index in [1.165, 1.54) is 17.8 Å². The molecule has 0 fully saturated rings. The van der Waals surface area contributed by atoms with Crippen molar-refractivity contribution in [2.24, 2.45) is 0 Å². The number of allylic oxidation sites excluding steroid dienone is 3. The summed E-state index contributed by atoms with van der Waals surface area (Å²) in [4.78, 5) is 16.6. The van der Waals surface area contributed by atoms with Crippen LogP contribution in [0.4, 0.5) is 16.3 Å². The zero-order chi connectivity index (χ0) is 18.8. The zero-order valence-corrected chi connectivity index (χ0v) is 15.9. The van der Waals surface area contributed by atoms with Gasteiger partial charge in [0.1, 0.15) is 16.6 Å². The normalized spacial score (nSPS) is 11.5. The Morgan fingerprint density at radius 1 is 1.31 bits per heavy atom. The summed E-state index contributed by atoms with van der Waals surface area (Å²) in [6.45, 7) is 2.16. The molecule has 1 heterocycles. The van der Waals surface area contributed by atoms with Crippen LogP contribution in [0.25, 0.3) is 10.6 Å². The van der Waals surface area contributed by atoms with E-state index in [2.05, 4.69) is 33.9 Å². The van der Waals surface area contributed by atoms with Crippen LogP contribution in [0.1, 0.15) is 26.2 Å². The molecule has 5 N–H and O–H groups in total. The number of hydrogen-bond acceptors (Lipinski definition) is 5. The number of nitrogen functional groups attached to an aromatic ring is 1. The van der Waals surface area contributed by atoms with Crippen LogP contribution in [-0.4, -0.2) is 18.1 Å². The molecule has 0 bridgehead atoms. The number of carbonyl (C=O) groups is 1. The first-order valence-electron chi connectivity index (χ1n) is 8.56. The molecule has 2 aromatic rings. The van der Waals surface area contributed by atoms with Crippen LogP contribution in [0.5, 0.6) is 0 Å². The molecular formula is C19H25N5OS. The average Bonchev–Trinajstić information content (AvgIpc) is 3.09. The third kappa shape index (κ3) is 6.25. The molecule has 0 radical (unpaired) electrons. The molecule has 0 aliphatic heterocycles. The Labute approximate surface area is 158 Å². The van der Waals surface area contributed by atoms with Gasteiger partial charge in [-0.2, -0.15) is 0 Å². The molecule has 0 atom stereocenters. The lowest BCUT2D eigenvalue weighted by Gasteiger charge is -2.08. The topological polar surface area (TPSA) is 92.1 Å². The summed E-state index contributed by atoms with van der Waals surface area (Å²) < 4.78 is 0. The Balaban J connectivity index is 1.91. The highest BCUT2D eigenvalue weighted by Crippen LogP contribution is 2.26.